The molecule has 1 aromatic carbocycles. The van der Waals surface area contributed by atoms with Crippen LogP contribution in [0.5, 0.6) is 0 Å². The molecule has 4 N–H and O–H groups in total. The number of carbonyl (C=O) groups is 2. The first-order chi connectivity index (χ1) is 13.7. The summed E-state index contributed by atoms with van der Waals surface area (Å²) in [5, 5.41) is 17.4. The summed E-state index contributed by atoms with van der Waals surface area (Å²) in [6.45, 7) is 1.82. The van der Waals surface area contributed by atoms with Crippen molar-refractivity contribution in [3.63, 3.8) is 0 Å². The van der Waals surface area contributed by atoms with Crippen LogP contribution in [0.1, 0.15) is 38.2 Å². The molecule has 1 fully saturated rings. The molecule has 0 unspecified atom stereocenters. The van der Waals surface area contributed by atoms with Crippen LogP contribution in [0.2, 0.25) is 0 Å². The van der Waals surface area contributed by atoms with Gasteiger partial charge in [-0.1, -0.05) is 6.92 Å². The predicted octanol–water partition coefficient (Wildman–Crippen LogP) is 2.65. The van der Waals surface area contributed by atoms with Gasteiger partial charge in [-0.3, -0.25) is 4.79 Å². The number of benzene rings is 1. The van der Waals surface area contributed by atoms with E-state index in [4.69, 9.17) is 4.74 Å². The molecule has 0 aliphatic carbocycles. The minimum atomic E-state index is -4.43. The number of halogens is 3. The van der Waals surface area contributed by atoms with Gasteiger partial charge < -0.3 is 25.8 Å². The van der Waals surface area contributed by atoms with Crippen LogP contribution in [-0.4, -0.2) is 48.4 Å². The van der Waals surface area contributed by atoms with Gasteiger partial charge in [0.25, 0.3) is 0 Å². The minimum Gasteiger partial charge on any atom is -0.394 e. The fourth-order valence-corrected chi connectivity index (χ4v) is 3.08. The standard InChI is InChI=1S/C19H26F3N3O4/c1-2-17(27)25-15-8-7-14(29-16(15)11-26)9-10-23-18(28)24-13-5-3-12(4-6-13)19(20,21)22/h3-6,14-16,26H,2,7-11H2,1H3,(H,25,27)(H2,23,24,28)/t14-,15-,16-/m1/s1. The quantitative estimate of drug-likeness (QED) is 0.548. The Hall–Kier alpha value is -2.33. The van der Waals surface area contributed by atoms with E-state index in [1.165, 1.54) is 12.1 Å². The maximum atomic E-state index is 12.5. The van der Waals surface area contributed by atoms with Gasteiger partial charge >= 0.3 is 12.2 Å². The number of aliphatic hydroxyl groups excluding tert-OH is 1. The van der Waals surface area contributed by atoms with Crippen LogP contribution in [-0.2, 0) is 15.7 Å². The molecule has 162 valence electrons. The zero-order chi connectivity index (χ0) is 21.4. The Kier molecular flexibility index (Phi) is 8.27. The second-order valence-electron chi connectivity index (χ2n) is 6.83. The third-order valence-corrected chi connectivity index (χ3v) is 4.69. The van der Waals surface area contributed by atoms with Gasteiger partial charge in [-0.15, -0.1) is 0 Å². The van der Waals surface area contributed by atoms with E-state index in [0.717, 1.165) is 12.1 Å². The van der Waals surface area contributed by atoms with Crippen LogP contribution in [0, 0.1) is 0 Å². The molecular weight excluding hydrogens is 391 g/mol. The van der Waals surface area contributed by atoms with E-state index in [-0.39, 0.29) is 30.3 Å². The van der Waals surface area contributed by atoms with Gasteiger partial charge in [0, 0.05) is 18.7 Å². The van der Waals surface area contributed by atoms with Crippen molar-refractivity contribution in [2.24, 2.45) is 0 Å². The van der Waals surface area contributed by atoms with Crippen molar-refractivity contribution < 1.29 is 32.6 Å². The minimum absolute atomic E-state index is 0.0999. The average molecular weight is 417 g/mol. The lowest BCUT2D eigenvalue weighted by Crippen LogP contribution is -2.51. The second-order valence-corrected chi connectivity index (χ2v) is 6.83. The van der Waals surface area contributed by atoms with E-state index in [2.05, 4.69) is 16.0 Å². The Morgan fingerprint density at radius 2 is 1.90 bits per heavy atom. The summed E-state index contributed by atoms with van der Waals surface area (Å²) < 4.78 is 43.4. The largest absolute Gasteiger partial charge is 0.416 e. The van der Waals surface area contributed by atoms with E-state index in [1.807, 2.05) is 0 Å². The SMILES string of the molecule is CCC(=O)N[C@@H]1CC[C@H](CCNC(=O)Nc2ccc(C(F)(F)F)cc2)O[C@@H]1CO. The van der Waals surface area contributed by atoms with E-state index in [1.54, 1.807) is 6.92 Å². The number of rotatable bonds is 7. The van der Waals surface area contributed by atoms with Crippen molar-refractivity contribution >= 4 is 17.6 Å². The third-order valence-electron chi connectivity index (χ3n) is 4.69. The third kappa shape index (κ3) is 7.21. The van der Waals surface area contributed by atoms with E-state index < -0.39 is 23.9 Å². The summed E-state index contributed by atoms with van der Waals surface area (Å²) in [4.78, 5) is 23.4. The number of amides is 3. The number of alkyl halides is 3. The first-order valence-corrected chi connectivity index (χ1v) is 9.50. The zero-order valence-corrected chi connectivity index (χ0v) is 16.1. The zero-order valence-electron chi connectivity index (χ0n) is 16.1. The molecule has 10 heteroatoms. The fourth-order valence-electron chi connectivity index (χ4n) is 3.08. The first-order valence-electron chi connectivity index (χ1n) is 9.50. The Morgan fingerprint density at radius 1 is 1.21 bits per heavy atom. The molecule has 1 heterocycles. The van der Waals surface area contributed by atoms with Gasteiger partial charge in [-0.2, -0.15) is 13.2 Å². The summed E-state index contributed by atoms with van der Waals surface area (Å²) in [6, 6.07) is 3.39. The highest BCUT2D eigenvalue weighted by atomic mass is 19.4. The maximum absolute atomic E-state index is 12.5. The number of nitrogens with one attached hydrogen (secondary N) is 3. The Balaban J connectivity index is 1.73. The van der Waals surface area contributed by atoms with Crippen molar-refractivity contribution in [1.82, 2.24) is 10.6 Å². The van der Waals surface area contributed by atoms with Crippen molar-refractivity contribution in [1.29, 1.82) is 0 Å². The first kappa shape index (κ1) is 23.0. The summed E-state index contributed by atoms with van der Waals surface area (Å²) >= 11 is 0. The normalized spacial score (nSPS) is 22.0. The monoisotopic (exact) mass is 417 g/mol. The number of anilines is 1. The summed E-state index contributed by atoms with van der Waals surface area (Å²) in [6.07, 6.45) is -2.89. The molecule has 3 amide bonds. The van der Waals surface area contributed by atoms with Gasteiger partial charge in [-0.05, 0) is 43.5 Å². The lowest BCUT2D eigenvalue weighted by molar-refractivity contribution is -0.137. The topological polar surface area (TPSA) is 99.7 Å². The summed E-state index contributed by atoms with van der Waals surface area (Å²) in [5.74, 6) is -0.0999. The average Bonchev–Trinajstić information content (AvgIpc) is 2.68. The maximum Gasteiger partial charge on any atom is 0.416 e. The van der Waals surface area contributed by atoms with Gasteiger partial charge in [-0.25, -0.2) is 4.79 Å². The summed E-state index contributed by atoms with van der Waals surface area (Å²) in [7, 11) is 0. The van der Waals surface area contributed by atoms with Gasteiger partial charge in [0.05, 0.1) is 24.3 Å². The van der Waals surface area contributed by atoms with Crippen molar-refractivity contribution in [3.8, 4) is 0 Å². The number of hydrogen-bond acceptors (Lipinski definition) is 4. The molecule has 0 radical (unpaired) electrons. The molecule has 3 atom stereocenters. The van der Waals surface area contributed by atoms with E-state index in [0.29, 0.717) is 32.2 Å². The van der Waals surface area contributed by atoms with Crippen molar-refractivity contribution in [3.05, 3.63) is 29.8 Å². The molecule has 7 nitrogen and oxygen atoms in total. The van der Waals surface area contributed by atoms with Crippen LogP contribution >= 0.6 is 0 Å². The van der Waals surface area contributed by atoms with Gasteiger partial charge in [0.15, 0.2) is 0 Å². The molecule has 0 spiro atoms. The highest BCUT2D eigenvalue weighted by molar-refractivity contribution is 5.89. The Labute approximate surface area is 167 Å². The molecule has 0 saturated carbocycles. The van der Waals surface area contributed by atoms with E-state index >= 15 is 0 Å². The molecule has 1 aliphatic heterocycles. The van der Waals surface area contributed by atoms with Crippen molar-refractivity contribution in [2.75, 3.05) is 18.5 Å². The molecular formula is C19H26F3N3O4. The number of ether oxygens (including phenoxy) is 1. The molecule has 0 aromatic heterocycles. The van der Waals surface area contributed by atoms with Gasteiger partial charge in [0.1, 0.15) is 6.10 Å². The molecule has 1 aromatic rings. The Bertz CT molecular complexity index is 682. The summed E-state index contributed by atoms with van der Waals surface area (Å²) in [5.41, 5.74) is -0.538. The number of aliphatic hydroxyl groups is 1. The van der Waals surface area contributed by atoms with E-state index in [9.17, 15) is 27.9 Å². The molecule has 1 saturated heterocycles. The predicted molar refractivity (Wildman–Crippen MR) is 100 cm³/mol. The number of urea groups is 1. The van der Waals surface area contributed by atoms with Crippen LogP contribution in [0.15, 0.2) is 24.3 Å². The highest BCUT2D eigenvalue weighted by Crippen LogP contribution is 2.29. The number of hydrogen-bond donors (Lipinski definition) is 4. The second kappa shape index (κ2) is 10.4. The lowest BCUT2D eigenvalue weighted by Gasteiger charge is -2.36. The van der Waals surface area contributed by atoms with Crippen LogP contribution in [0.3, 0.4) is 0 Å². The highest BCUT2D eigenvalue weighted by Gasteiger charge is 2.31. The lowest BCUT2D eigenvalue weighted by atomic mass is 9.97. The molecule has 2 rings (SSSR count). The number of carbonyl (C=O) groups excluding carboxylic acids is 2. The van der Waals surface area contributed by atoms with Crippen molar-refractivity contribution in [2.45, 2.75) is 57.0 Å². The molecule has 1 aliphatic rings. The fraction of sp³-hybridized carbons (Fsp3) is 0.579. The van der Waals surface area contributed by atoms with Gasteiger partial charge in [0.2, 0.25) is 5.91 Å². The smallest absolute Gasteiger partial charge is 0.394 e. The molecule has 0 bridgehead atoms. The van der Waals surface area contributed by atoms with Crippen LogP contribution in [0.4, 0.5) is 23.7 Å². The van der Waals surface area contributed by atoms with Crippen LogP contribution < -0.4 is 16.0 Å². The Morgan fingerprint density at radius 3 is 2.48 bits per heavy atom. The molecule has 29 heavy (non-hydrogen) atoms. The van der Waals surface area contributed by atoms with Crippen LogP contribution in [0.25, 0.3) is 0 Å².